The van der Waals surface area contributed by atoms with Crippen LogP contribution in [0.3, 0.4) is 0 Å². The molecule has 0 atom stereocenters. The molecule has 0 saturated heterocycles. The highest BCUT2D eigenvalue weighted by atomic mass is 32.2. The first kappa shape index (κ1) is 23.2. The number of aliphatic hydroxyl groups excluding tert-OH is 1. The molecule has 0 amide bonds. The highest BCUT2D eigenvalue weighted by Crippen LogP contribution is 2.27. The zero-order chi connectivity index (χ0) is 22.8. The number of aryl methyl sites for hydroxylation is 1. The Kier molecular flexibility index (Phi) is 8.56. The third kappa shape index (κ3) is 6.78. The number of carbonyl (C=O) groups is 1. The Morgan fingerprint density at radius 1 is 1.03 bits per heavy atom. The van der Waals surface area contributed by atoms with E-state index >= 15 is 0 Å². The minimum Gasteiger partial charge on any atom is -0.482 e. The van der Waals surface area contributed by atoms with E-state index in [4.69, 9.17) is 14.9 Å². The minimum absolute atomic E-state index is 0.191. The number of aliphatic hydroxyl groups is 1. The van der Waals surface area contributed by atoms with Gasteiger partial charge in [-0.25, -0.2) is 4.79 Å². The van der Waals surface area contributed by atoms with E-state index in [1.165, 1.54) is 0 Å². The molecule has 0 fully saturated rings. The van der Waals surface area contributed by atoms with E-state index in [0.29, 0.717) is 11.5 Å². The van der Waals surface area contributed by atoms with Crippen LogP contribution in [0.25, 0.3) is 16.7 Å². The zero-order valence-electron chi connectivity index (χ0n) is 17.7. The third-order valence-electron chi connectivity index (χ3n) is 4.64. The van der Waals surface area contributed by atoms with Crippen LogP contribution >= 0.6 is 11.8 Å². The van der Waals surface area contributed by atoms with Crippen molar-refractivity contribution in [2.75, 3.05) is 19.0 Å². The second-order valence-electron chi connectivity index (χ2n) is 6.94. The molecule has 4 nitrogen and oxygen atoms in total. The lowest BCUT2D eigenvalue weighted by atomic mass is 10.0. The van der Waals surface area contributed by atoms with Gasteiger partial charge < -0.3 is 14.9 Å². The van der Waals surface area contributed by atoms with Gasteiger partial charge in [0.1, 0.15) is 12.4 Å². The Morgan fingerprint density at radius 2 is 1.75 bits per heavy atom. The molecule has 3 rings (SSSR count). The van der Waals surface area contributed by atoms with Gasteiger partial charge in [-0.1, -0.05) is 72.5 Å². The molecule has 162 valence electrons. The van der Waals surface area contributed by atoms with Crippen LogP contribution in [0.4, 0.5) is 0 Å². The average molecular weight is 445 g/mol. The summed E-state index contributed by atoms with van der Waals surface area (Å²) in [7, 11) is 0. The standard InChI is InChI=1S/C27H24O4S/c1-20-18-25(13-14-26(20)31-19-27(29)30)32-17-15-22(8-5-16-28)24-11-9-23(10-12-24)21-6-3-2-4-7-21/h2-4,6-7,9-15,18,28H,16-17,19H2,1H3,(H,29,30)/b22-15-. The van der Waals surface area contributed by atoms with E-state index in [0.717, 1.165) is 32.7 Å². The molecule has 3 aromatic carbocycles. The molecule has 0 bridgehead atoms. The monoisotopic (exact) mass is 444 g/mol. The molecule has 0 heterocycles. The SMILES string of the molecule is Cc1cc(SC/C=C(/C#CCO)c2ccc(-c3ccccc3)cc2)ccc1OCC(=O)O. The van der Waals surface area contributed by atoms with Gasteiger partial charge in [0.15, 0.2) is 6.61 Å². The van der Waals surface area contributed by atoms with E-state index in [1.807, 2.05) is 49.4 Å². The summed E-state index contributed by atoms with van der Waals surface area (Å²) in [5.41, 5.74) is 5.05. The maximum absolute atomic E-state index is 10.7. The summed E-state index contributed by atoms with van der Waals surface area (Å²) in [5, 5.41) is 17.9. The molecule has 0 aliphatic heterocycles. The summed E-state index contributed by atoms with van der Waals surface area (Å²) in [6, 6.07) is 24.1. The Morgan fingerprint density at radius 3 is 2.41 bits per heavy atom. The number of rotatable bonds is 8. The molecular weight excluding hydrogens is 420 g/mol. The van der Waals surface area contributed by atoms with E-state index in [-0.39, 0.29) is 13.2 Å². The molecule has 0 aliphatic carbocycles. The summed E-state index contributed by atoms with van der Waals surface area (Å²) in [6.07, 6.45) is 2.05. The first-order chi connectivity index (χ1) is 15.6. The van der Waals surface area contributed by atoms with Crippen molar-refractivity contribution >= 4 is 23.3 Å². The lowest BCUT2D eigenvalue weighted by Gasteiger charge is -2.09. The van der Waals surface area contributed by atoms with Gasteiger partial charge in [-0.05, 0) is 47.4 Å². The Bertz CT molecular complexity index is 1140. The number of ether oxygens (including phenoxy) is 1. The van der Waals surface area contributed by atoms with Crippen molar-refractivity contribution in [3.8, 4) is 28.7 Å². The number of carboxylic acid groups (broad SMARTS) is 1. The van der Waals surface area contributed by atoms with E-state index in [2.05, 4.69) is 42.2 Å². The second kappa shape index (κ2) is 11.8. The lowest BCUT2D eigenvalue weighted by molar-refractivity contribution is -0.139. The van der Waals surface area contributed by atoms with Gasteiger partial charge >= 0.3 is 5.97 Å². The number of allylic oxidation sites excluding steroid dienone is 1. The van der Waals surface area contributed by atoms with Gasteiger partial charge in [0, 0.05) is 16.2 Å². The number of carboxylic acids is 1. The maximum atomic E-state index is 10.7. The molecule has 2 N–H and O–H groups in total. The number of benzene rings is 3. The van der Waals surface area contributed by atoms with Crippen molar-refractivity contribution in [2.45, 2.75) is 11.8 Å². The zero-order valence-corrected chi connectivity index (χ0v) is 18.6. The van der Waals surface area contributed by atoms with E-state index in [9.17, 15) is 4.79 Å². The molecule has 5 heteroatoms. The normalized spacial score (nSPS) is 10.9. The fourth-order valence-electron chi connectivity index (χ4n) is 3.08. The maximum Gasteiger partial charge on any atom is 0.341 e. The third-order valence-corrected chi connectivity index (χ3v) is 5.56. The molecule has 32 heavy (non-hydrogen) atoms. The Hall–Kier alpha value is -3.46. The topological polar surface area (TPSA) is 66.8 Å². The number of thioether (sulfide) groups is 1. The molecule has 0 radical (unpaired) electrons. The van der Waals surface area contributed by atoms with Crippen LogP contribution in [0.15, 0.2) is 83.8 Å². The highest BCUT2D eigenvalue weighted by Gasteiger charge is 2.05. The van der Waals surface area contributed by atoms with E-state index < -0.39 is 5.97 Å². The summed E-state index contributed by atoms with van der Waals surface area (Å²) >= 11 is 1.65. The first-order valence-electron chi connectivity index (χ1n) is 10.1. The van der Waals surface area contributed by atoms with Gasteiger partial charge in [0.25, 0.3) is 0 Å². The van der Waals surface area contributed by atoms with Crippen LogP contribution in [0.5, 0.6) is 5.75 Å². The molecule has 0 aromatic heterocycles. The first-order valence-corrected chi connectivity index (χ1v) is 11.1. The van der Waals surface area contributed by atoms with E-state index in [1.54, 1.807) is 17.8 Å². The Labute approximate surface area is 192 Å². The average Bonchev–Trinajstić information content (AvgIpc) is 2.81. The van der Waals surface area contributed by atoms with Crippen LogP contribution in [0.2, 0.25) is 0 Å². The predicted octanol–water partition coefficient (Wildman–Crippen LogP) is 5.30. The van der Waals surface area contributed by atoms with Crippen LogP contribution in [-0.4, -0.2) is 35.1 Å². The highest BCUT2D eigenvalue weighted by molar-refractivity contribution is 7.99. The minimum atomic E-state index is -0.999. The Balaban J connectivity index is 1.71. The van der Waals surface area contributed by atoms with Crippen molar-refractivity contribution in [3.63, 3.8) is 0 Å². The molecule has 0 unspecified atom stereocenters. The quantitative estimate of drug-likeness (QED) is 0.365. The van der Waals surface area contributed by atoms with Gasteiger partial charge in [-0.3, -0.25) is 0 Å². The largest absolute Gasteiger partial charge is 0.482 e. The van der Waals surface area contributed by atoms with Gasteiger partial charge in [-0.2, -0.15) is 0 Å². The summed E-state index contributed by atoms with van der Waals surface area (Å²) < 4.78 is 5.28. The van der Waals surface area contributed by atoms with Gasteiger partial charge in [-0.15, -0.1) is 11.8 Å². The molecule has 0 aliphatic rings. The molecular formula is C27H24O4S. The van der Waals surface area contributed by atoms with Gasteiger partial charge in [0.2, 0.25) is 0 Å². The summed E-state index contributed by atoms with van der Waals surface area (Å²) in [5.74, 6) is 6.07. The predicted molar refractivity (Wildman–Crippen MR) is 130 cm³/mol. The molecule has 0 saturated carbocycles. The van der Waals surface area contributed by atoms with Crippen LogP contribution in [0.1, 0.15) is 11.1 Å². The molecule has 0 spiro atoms. The van der Waals surface area contributed by atoms with Crippen LogP contribution < -0.4 is 4.74 Å². The van der Waals surface area contributed by atoms with Crippen molar-refractivity contribution < 1.29 is 19.7 Å². The summed E-state index contributed by atoms with van der Waals surface area (Å²) in [6.45, 7) is 1.35. The number of hydrogen-bond donors (Lipinski definition) is 2. The lowest BCUT2D eigenvalue weighted by Crippen LogP contribution is -2.09. The fourth-order valence-corrected chi connectivity index (χ4v) is 3.95. The fraction of sp³-hybridized carbons (Fsp3) is 0.148. The van der Waals surface area contributed by atoms with Crippen molar-refractivity contribution in [1.29, 1.82) is 0 Å². The van der Waals surface area contributed by atoms with Crippen molar-refractivity contribution in [3.05, 3.63) is 90.0 Å². The van der Waals surface area contributed by atoms with Crippen molar-refractivity contribution in [2.24, 2.45) is 0 Å². The van der Waals surface area contributed by atoms with Gasteiger partial charge in [0.05, 0.1) is 0 Å². The number of aliphatic carboxylic acids is 1. The number of hydrogen-bond acceptors (Lipinski definition) is 4. The summed E-state index contributed by atoms with van der Waals surface area (Å²) in [4.78, 5) is 11.7. The smallest absolute Gasteiger partial charge is 0.341 e. The van der Waals surface area contributed by atoms with Crippen molar-refractivity contribution in [1.82, 2.24) is 0 Å². The van der Waals surface area contributed by atoms with Crippen LogP contribution in [-0.2, 0) is 4.79 Å². The van der Waals surface area contributed by atoms with Crippen LogP contribution in [0, 0.1) is 18.8 Å². The second-order valence-corrected chi connectivity index (χ2v) is 8.04. The molecule has 3 aromatic rings.